The van der Waals surface area contributed by atoms with Gasteiger partial charge in [-0.2, -0.15) is 13.2 Å². The van der Waals surface area contributed by atoms with E-state index in [1.165, 1.54) is 17.3 Å². The van der Waals surface area contributed by atoms with Crippen LogP contribution in [0.15, 0.2) is 36.9 Å². The minimum atomic E-state index is -4.49. The van der Waals surface area contributed by atoms with Crippen molar-refractivity contribution in [1.82, 2.24) is 25.2 Å². The fourth-order valence-corrected chi connectivity index (χ4v) is 3.30. The molecule has 0 aliphatic heterocycles. The zero-order valence-electron chi connectivity index (χ0n) is 18.6. The van der Waals surface area contributed by atoms with Crippen LogP contribution in [0.4, 0.5) is 18.9 Å². The quantitative estimate of drug-likeness (QED) is 0.499. The first-order valence-corrected chi connectivity index (χ1v) is 10.2. The van der Waals surface area contributed by atoms with E-state index >= 15 is 0 Å². The number of amides is 2. The van der Waals surface area contributed by atoms with Gasteiger partial charge in [0.2, 0.25) is 5.91 Å². The third kappa shape index (κ3) is 5.79. The minimum absolute atomic E-state index is 0.185. The highest BCUT2D eigenvalue weighted by atomic mass is 19.4. The molecule has 0 saturated carbocycles. The van der Waals surface area contributed by atoms with Gasteiger partial charge in [0.15, 0.2) is 0 Å². The second-order valence-electron chi connectivity index (χ2n) is 8.18. The number of hydrogen-bond acceptors (Lipinski definition) is 5. The van der Waals surface area contributed by atoms with Gasteiger partial charge >= 0.3 is 6.18 Å². The molecule has 0 bridgehead atoms. The summed E-state index contributed by atoms with van der Waals surface area (Å²) in [5.74, 6) is -1.22. The van der Waals surface area contributed by atoms with Crippen molar-refractivity contribution >= 4 is 28.5 Å². The number of H-pyrrole nitrogens is 1. The lowest BCUT2D eigenvalue weighted by Gasteiger charge is -2.23. The van der Waals surface area contributed by atoms with Gasteiger partial charge in [-0.3, -0.25) is 14.6 Å². The van der Waals surface area contributed by atoms with Crippen molar-refractivity contribution in [1.29, 1.82) is 0 Å². The molecule has 3 aromatic heterocycles. The van der Waals surface area contributed by atoms with E-state index in [2.05, 4.69) is 20.3 Å². The summed E-state index contributed by atoms with van der Waals surface area (Å²) >= 11 is 0. The van der Waals surface area contributed by atoms with Gasteiger partial charge in [-0.05, 0) is 18.1 Å². The van der Waals surface area contributed by atoms with Crippen molar-refractivity contribution in [2.75, 3.05) is 26.0 Å². The molecular weight excluding hydrogens is 437 g/mol. The standard InChI is InChI=1S/C22H25F3N6O2/c1-12(2)18(20(32)29-11-22(23,24)25)30-15-5-13(7-26-9-15)17-10-28-19-16(17)6-14(8-27-19)21(33)31(3)4/h5-10,12,18,30H,11H2,1-4H3,(H,27,28)(H,29,32)/t18-/m1/s1. The normalized spacial score (nSPS) is 12.6. The number of anilines is 1. The van der Waals surface area contributed by atoms with Crippen LogP contribution in [0, 0.1) is 5.92 Å². The summed E-state index contributed by atoms with van der Waals surface area (Å²) in [6.07, 6.45) is 1.84. The van der Waals surface area contributed by atoms with Crippen LogP contribution in [0.5, 0.6) is 0 Å². The molecule has 0 radical (unpaired) electrons. The van der Waals surface area contributed by atoms with Crippen molar-refractivity contribution in [2.45, 2.75) is 26.1 Å². The van der Waals surface area contributed by atoms with Crippen LogP contribution >= 0.6 is 0 Å². The molecular formula is C22H25F3N6O2. The largest absolute Gasteiger partial charge is 0.405 e. The SMILES string of the molecule is CC(C)[C@@H](Nc1cncc(-c2c[nH]c3ncc(C(=O)N(C)C)cc23)c1)C(=O)NCC(F)(F)F. The number of rotatable bonds is 7. The first-order valence-electron chi connectivity index (χ1n) is 10.2. The van der Waals surface area contributed by atoms with E-state index in [1.807, 2.05) is 5.32 Å². The summed E-state index contributed by atoms with van der Waals surface area (Å²) in [4.78, 5) is 37.7. The van der Waals surface area contributed by atoms with E-state index < -0.39 is 24.7 Å². The lowest BCUT2D eigenvalue weighted by atomic mass is 10.0. The Morgan fingerprint density at radius 3 is 2.52 bits per heavy atom. The molecule has 3 N–H and O–H groups in total. The van der Waals surface area contributed by atoms with Gasteiger partial charge in [0.1, 0.15) is 18.2 Å². The van der Waals surface area contributed by atoms with Crippen molar-refractivity contribution in [3.8, 4) is 11.1 Å². The van der Waals surface area contributed by atoms with Crippen LogP contribution in [0.1, 0.15) is 24.2 Å². The number of hydrogen-bond donors (Lipinski definition) is 3. The summed E-state index contributed by atoms with van der Waals surface area (Å²) in [7, 11) is 3.30. The van der Waals surface area contributed by atoms with E-state index in [9.17, 15) is 22.8 Å². The highest BCUT2D eigenvalue weighted by Crippen LogP contribution is 2.30. The maximum absolute atomic E-state index is 12.5. The van der Waals surface area contributed by atoms with Crippen molar-refractivity contribution in [3.05, 3.63) is 42.5 Å². The van der Waals surface area contributed by atoms with E-state index in [-0.39, 0.29) is 11.8 Å². The van der Waals surface area contributed by atoms with Crippen LogP contribution in [-0.4, -0.2) is 64.5 Å². The zero-order chi connectivity index (χ0) is 24.3. The number of aromatic amines is 1. The van der Waals surface area contributed by atoms with Gasteiger partial charge in [0.05, 0.1) is 11.3 Å². The Morgan fingerprint density at radius 1 is 1.15 bits per heavy atom. The molecule has 0 spiro atoms. The van der Waals surface area contributed by atoms with Crippen molar-refractivity contribution < 1.29 is 22.8 Å². The van der Waals surface area contributed by atoms with Crippen LogP contribution in [0.25, 0.3) is 22.2 Å². The Hall–Kier alpha value is -3.63. The first kappa shape index (κ1) is 24.0. The number of pyridine rings is 2. The van der Waals surface area contributed by atoms with Crippen LogP contribution in [-0.2, 0) is 4.79 Å². The summed E-state index contributed by atoms with van der Waals surface area (Å²) in [5.41, 5.74) is 2.91. The molecule has 0 aliphatic rings. The smallest absolute Gasteiger partial charge is 0.372 e. The van der Waals surface area contributed by atoms with Crippen molar-refractivity contribution in [3.63, 3.8) is 0 Å². The summed E-state index contributed by atoms with van der Waals surface area (Å²) in [6.45, 7) is 2.07. The van der Waals surface area contributed by atoms with Crippen LogP contribution < -0.4 is 10.6 Å². The molecule has 3 heterocycles. The monoisotopic (exact) mass is 462 g/mol. The van der Waals surface area contributed by atoms with Gasteiger partial charge in [-0.1, -0.05) is 13.8 Å². The zero-order valence-corrected chi connectivity index (χ0v) is 18.6. The Balaban J connectivity index is 1.88. The van der Waals surface area contributed by atoms with Gasteiger partial charge in [0.25, 0.3) is 5.91 Å². The van der Waals surface area contributed by atoms with E-state index in [4.69, 9.17) is 0 Å². The Morgan fingerprint density at radius 2 is 1.88 bits per heavy atom. The number of aromatic nitrogens is 3. The molecule has 0 aromatic carbocycles. The molecule has 0 aliphatic carbocycles. The Kier molecular flexibility index (Phi) is 6.89. The van der Waals surface area contributed by atoms with Gasteiger partial charge in [0, 0.05) is 55.4 Å². The number of halogens is 3. The molecule has 33 heavy (non-hydrogen) atoms. The maximum Gasteiger partial charge on any atom is 0.405 e. The van der Waals surface area contributed by atoms with Crippen LogP contribution in [0.3, 0.4) is 0 Å². The number of alkyl halides is 3. The fraction of sp³-hybridized carbons (Fsp3) is 0.364. The fourth-order valence-electron chi connectivity index (χ4n) is 3.30. The first-order chi connectivity index (χ1) is 15.5. The molecule has 176 valence electrons. The molecule has 2 amide bonds. The molecule has 3 aromatic rings. The predicted molar refractivity (Wildman–Crippen MR) is 119 cm³/mol. The van der Waals surface area contributed by atoms with Crippen LogP contribution in [0.2, 0.25) is 0 Å². The average molecular weight is 462 g/mol. The highest BCUT2D eigenvalue weighted by Gasteiger charge is 2.30. The third-order valence-corrected chi connectivity index (χ3v) is 4.97. The van der Waals surface area contributed by atoms with Crippen molar-refractivity contribution in [2.24, 2.45) is 5.92 Å². The second-order valence-corrected chi connectivity index (χ2v) is 8.18. The second kappa shape index (κ2) is 9.47. The summed E-state index contributed by atoms with van der Waals surface area (Å²) in [6, 6.07) is 2.58. The summed E-state index contributed by atoms with van der Waals surface area (Å²) in [5, 5.41) is 5.61. The van der Waals surface area contributed by atoms with E-state index in [0.717, 1.165) is 5.56 Å². The average Bonchev–Trinajstić information content (AvgIpc) is 3.18. The Labute approximate surface area is 188 Å². The predicted octanol–water partition coefficient (Wildman–Crippen LogP) is 3.44. The number of nitrogens with one attached hydrogen (secondary N) is 3. The highest BCUT2D eigenvalue weighted by molar-refractivity contribution is 6.01. The minimum Gasteiger partial charge on any atom is -0.372 e. The maximum atomic E-state index is 12.5. The van der Waals surface area contributed by atoms with Gasteiger partial charge in [-0.15, -0.1) is 0 Å². The molecule has 0 saturated heterocycles. The molecule has 8 nitrogen and oxygen atoms in total. The number of carbonyl (C=O) groups is 2. The van der Waals surface area contributed by atoms with Gasteiger partial charge in [-0.25, -0.2) is 4.98 Å². The summed E-state index contributed by atoms with van der Waals surface area (Å²) < 4.78 is 37.5. The lowest BCUT2D eigenvalue weighted by Crippen LogP contribution is -2.46. The number of carbonyl (C=O) groups excluding carboxylic acids is 2. The Bertz CT molecular complexity index is 1160. The van der Waals surface area contributed by atoms with E-state index in [1.54, 1.807) is 52.5 Å². The topological polar surface area (TPSA) is 103 Å². The lowest BCUT2D eigenvalue weighted by molar-refractivity contribution is -0.139. The molecule has 11 heteroatoms. The van der Waals surface area contributed by atoms with Gasteiger partial charge < -0.3 is 20.5 Å². The number of nitrogens with zero attached hydrogens (tertiary/aromatic N) is 3. The molecule has 0 fully saturated rings. The number of fused-ring (bicyclic) bond motifs is 1. The van der Waals surface area contributed by atoms with E-state index in [0.29, 0.717) is 27.8 Å². The molecule has 0 unspecified atom stereocenters. The third-order valence-electron chi connectivity index (χ3n) is 4.97. The molecule has 3 rings (SSSR count). The molecule has 1 atom stereocenters.